The van der Waals surface area contributed by atoms with E-state index >= 15 is 0 Å². The lowest BCUT2D eigenvalue weighted by molar-refractivity contribution is -0.133. The Kier molecular flexibility index (Phi) is 13.9. The van der Waals surface area contributed by atoms with Gasteiger partial charge in [-0.1, -0.05) is 109 Å². The molecular formula is C38H59NO5Si. The van der Waals surface area contributed by atoms with Crippen molar-refractivity contribution in [2.75, 3.05) is 13.2 Å². The molecule has 1 aliphatic rings. The van der Waals surface area contributed by atoms with E-state index in [2.05, 4.69) is 66.8 Å². The van der Waals surface area contributed by atoms with Crippen molar-refractivity contribution in [2.45, 2.75) is 117 Å². The second kappa shape index (κ2) is 16.9. The molecular weight excluding hydrogens is 579 g/mol. The lowest BCUT2D eigenvalue weighted by Crippen LogP contribution is -2.46. The van der Waals surface area contributed by atoms with Gasteiger partial charge in [-0.2, -0.15) is 0 Å². The molecule has 3 rings (SSSR count). The molecule has 2 aromatic carbocycles. The molecule has 6 atom stereocenters. The van der Waals surface area contributed by atoms with Gasteiger partial charge in [-0.25, -0.2) is 9.69 Å². The van der Waals surface area contributed by atoms with Crippen molar-refractivity contribution in [3.63, 3.8) is 0 Å². The zero-order valence-corrected chi connectivity index (χ0v) is 30.4. The van der Waals surface area contributed by atoms with Gasteiger partial charge in [-0.3, -0.25) is 4.79 Å². The average Bonchev–Trinajstić information content (AvgIpc) is 3.33. The van der Waals surface area contributed by atoms with Gasteiger partial charge < -0.3 is 13.9 Å². The van der Waals surface area contributed by atoms with Crippen molar-refractivity contribution in [2.24, 2.45) is 23.7 Å². The van der Waals surface area contributed by atoms with Crippen LogP contribution in [0.25, 0.3) is 0 Å². The monoisotopic (exact) mass is 637 g/mol. The van der Waals surface area contributed by atoms with Crippen molar-refractivity contribution in [1.82, 2.24) is 4.90 Å². The molecule has 1 fully saturated rings. The summed E-state index contributed by atoms with van der Waals surface area (Å²) in [5.41, 5.74) is 2.29. The van der Waals surface area contributed by atoms with Crippen LogP contribution < -0.4 is 0 Å². The molecule has 0 bridgehead atoms. The molecule has 250 valence electrons. The minimum Gasteiger partial charge on any atom is -0.447 e. The van der Waals surface area contributed by atoms with E-state index in [1.807, 2.05) is 55.5 Å². The predicted molar refractivity (Wildman–Crippen MR) is 185 cm³/mol. The Labute approximate surface area is 274 Å². The van der Waals surface area contributed by atoms with E-state index in [0.29, 0.717) is 37.4 Å². The lowest BCUT2D eigenvalue weighted by atomic mass is 9.83. The van der Waals surface area contributed by atoms with Crippen LogP contribution in [-0.2, 0) is 31.7 Å². The maximum atomic E-state index is 13.5. The van der Waals surface area contributed by atoms with Crippen LogP contribution >= 0.6 is 0 Å². The first-order valence-corrected chi connectivity index (χ1v) is 19.9. The van der Waals surface area contributed by atoms with Gasteiger partial charge in [0.25, 0.3) is 0 Å². The number of carbonyl (C=O) groups is 2. The zero-order valence-electron chi connectivity index (χ0n) is 29.4. The van der Waals surface area contributed by atoms with Crippen LogP contribution in [0.5, 0.6) is 0 Å². The van der Waals surface area contributed by atoms with E-state index < -0.39 is 14.4 Å². The number of cyclic esters (lactones) is 1. The zero-order chi connectivity index (χ0) is 33.2. The normalized spacial score (nSPS) is 19.1. The number of carbonyl (C=O) groups excluding carboxylic acids is 2. The molecule has 0 aliphatic carbocycles. The second-order valence-electron chi connectivity index (χ2n) is 15.2. The molecule has 45 heavy (non-hydrogen) atoms. The number of benzene rings is 2. The molecule has 1 aliphatic heterocycles. The molecule has 0 unspecified atom stereocenters. The fraction of sp³-hybridized carbons (Fsp3) is 0.632. The summed E-state index contributed by atoms with van der Waals surface area (Å²) in [4.78, 5) is 27.4. The largest absolute Gasteiger partial charge is 0.447 e. The van der Waals surface area contributed by atoms with E-state index in [1.165, 1.54) is 10.5 Å². The van der Waals surface area contributed by atoms with Crippen LogP contribution in [0.1, 0.15) is 85.3 Å². The van der Waals surface area contributed by atoms with Gasteiger partial charge in [0.05, 0.1) is 12.6 Å². The van der Waals surface area contributed by atoms with Gasteiger partial charge in [0.1, 0.15) is 6.61 Å². The highest BCUT2D eigenvalue weighted by Crippen LogP contribution is 2.39. The van der Waals surface area contributed by atoms with E-state index in [4.69, 9.17) is 13.9 Å². The molecule has 0 aromatic heterocycles. The summed E-state index contributed by atoms with van der Waals surface area (Å²) in [6.45, 7) is 21.9. The second-order valence-corrected chi connectivity index (χ2v) is 19.9. The van der Waals surface area contributed by atoms with Crippen LogP contribution in [0.3, 0.4) is 0 Å². The minimum atomic E-state index is -1.96. The van der Waals surface area contributed by atoms with Crippen LogP contribution in [0.2, 0.25) is 18.1 Å². The fourth-order valence-electron chi connectivity index (χ4n) is 6.35. The maximum Gasteiger partial charge on any atom is 0.416 e. The summed E-state index contributed by atoms with van der Waals surface area (Å²) in [5.74, 6) is 0.857. The van der Waals surface area contributed by atoms with Crippen LogP contribution in [0.15, 0.2) is 60.7 Å². The Morgan fingerprint density at radius 1 is 0.911 bits per heavy atom. The Hall–Kier alpha value is -2.48. The molecule has 7 heteroatoms. The molecule has 1 saturated heterocycles. The standard InChI is InChI=1S/C38H59NO5Si/c1-28(22-29(2)24-31(4)36(40)39-34(27-43-37(39)41)25-32-16-12-10-13-17-32)23-30(3)35(44-45(8,9)38(5,6)7)20-21-42-26-33-18-14-11-15-19-33/h10-19,28-31,34-35H,20-27H2,1-9H3/t28-,29+,30-,31-,34-,35-/m0/s1. The first kappa shape index (κ1) is 37.0. The number of ether oxygens (including phenoxy) is 2. The van der Waals surface area contributed by atoms with Gasteiger partial charge >= 0.3 is 6.09 Å². The smallest absolute Gasteiger partial charge is 0.416 e. The number of amides is 2. The Morgan fingerprint density at radius 3 is 2.09 bits per heavy atom. The van der Waals surface area contributed by atoms with Crippen LogP contribution in [0.4, 0.5) is 4.79 Å². The summed E-state index contributed by atoms with van der Waals surface area (Å²) in [7, 11) is -1.96. The van der Waals surface area contributed by atoms with Gasteiger partial charge in [0.15, 0.2) is 8.32 Å². The van der Waals surface area contributed by atoms with E-state index in [9.17, 15) is 9.59 Å². The summed E-state index contributed by atoms with van der Waals surface area (Å²) in [6.07, 6.45) is 3.96. The Balaban J connectivity index is 1.53. The van der Waals surface area contributed by atoms with Gasteiger partial charge in [-0.05, 0) is 79.1 Å². The highest BCUT2D eigenvalue weighted by atomic mass is 28.4. The first-order chi connectivity index (χ1) is 21.2. The fourth-order valence-corrected chi connectivity index (χ4v) is 7.81. The summed E-state index contributed by atoms with van der Waals surface area (Å²) < 4.78 is 18.4. The van der Waals surface area contributed by atoms with Gasteiger partial charge in [0.2, 0.25) is 5.91 Å². The van der Waals surface area contributed by atoms with E-state index in [0.717, 1.165) is 31.2 Å². The van der Waals surface area contributed by atoms with Crippen LogP contribution in [0, 0.1) is 23.7 Å². The molecule has 6 nitrogen and oxygen atoms in total. The Bertz CT molecular complexity index is 1180. The highest BCUT2D eigenvalue weighted by Gasteiger charge is 2.41. The summed E-state index contributed by atoms with van der Waals surface area (Å²) >= 11 is 0. The molecule has 1 heterocycles. The topological polar surface area (TPSA) is 65.1 Å². The predicted octanol–water partition coefficient (Wildman–Crippen LogP) is 9.29. The number of rotatable bonds is 17. The van der Waals surface area contributed by atoms with Crippen molar-refractivity contribution >= 4 is 20.3 Å². The molecule has 2 aromatic rings. The van der Waals surface area contributed by atoms with Gasteiger partial charge in [0, 0.05) is 18.6 Å². The summed E-state index contributed by atoms with van der Waals surface area (Å²) in [6, 6.07) is 20.1. The van der Waals surface area contributed by atoms with Crippen molar-refractivity contribution in [3.05, 3.63) is 71.8 Å². The Morgan fingerprint density at radius 2 is 1.49 bits per heavy atom. The highest BCUT2D eigenvalue weighted by molar-refractivity contribution is 6.74. The third-order valence-corrected chi connectivity index (χ3v) is 14.3. The number of hydrogen-bond donors (Lipinski definition) is 0. The van der Waals surface area contributed by atoms with E-state index in [-0.39, 0.29) is 35.6 Å². The summed E-state index contributed by atoms with van der Waals surface area (Å²) in [5, 5.41) is 0.139. The van der Waals surface area contributed by atoms with Crippen molar-refractivity contribution < 1.29 is 23.5 Å². The van der Waals surface area contributed by atoms with Crippen molar-refractivity contribution in [1.29, 1.82) is 0 Å². The van der Waals surface area contributed by atoms with Crippen molar-refractivity contribution in [3.8, 4) is 0 Å². The lowest BCUT2D eigenvalue weighted by Gasteiger charge is -2.41. The maximum absolute atomic E-state index is 13.5. The minimum absolute atomic E-state index is 0.121. The molecule has 0 N–H and O–H groups in total. The molecule has 0 spiro atoms. The quantitative estimate of drug-likeness (QED) is 0.128. The van der Waals surface area contributed by atoms with Crippen LogP contribution in [-0.4, -0.2) is 50.6 Å². The third kappa shape index (κ3) is 11.4. The molecule has 0 saturated carbocycles. The third-order valence-electron chi connectivity index (χ3n) is 9.81. The number of nitrogens with zero attached hydrogens (tertiary/aromatic N) is 1. The average molecular weight is 638 g/mol. The van der Waals surface area contributed by atoms with E-state index in [1.54, 1.807) is 0 Å². The number of hydrogen-bond acceptors (Lipinski definition) is 5. The molecule has 2 amide bonds. The SMILES string of the molecule is C[C@H](C[C@H](C)C[C@H](C)[C@H](CCOCc1ccccc1)O[Si](C)(C)C(C)(C)C)C[C@H](C)C(=O)N1C(=O)OC[C@@H]1Cc1ccccc1. The number of imide groups is 1. The first-order valence-electron chi connectivity index (χ1n) is 17.0. The van der Waals surface area contributed by atoms with Gasteiger partial charge in [-0.15, -0.1) is 0 Å². The molecule has 0 radical (unpaired) electrons.